The van der Waals surface area contributed by atoms with Crippen molar-refractivity contribution in [3.8, 4) is 11.1 Å². The van der Waals surface area contributed by atoms with Gasteiger partial charge in [-0.05, 0) is 27.8 Å². The Hall–Kier alpha value is -4.10. The Labute approximate surface area is 203 Å². The Bertz CT molecular complexity index is 1210. The van der Waals surface area contributed by atoms with Gasteiger partial charge in [0.15, 0.2) is 5.78 Å². The summed E-state index contributed by atoms with van der Waals surface area (Å²) in [5, 5.41) is 3.97. The number of hydroxylamine groups is 2. The number of carbonyl (C=O) groups excluding carboxylic acids is 4. The molecule has 0 aromatic heterocycles. The normalized spacial score (nSPS) is 11.9. The zero-order chi connectivity index (χ0) is 24.8. The van der Waals surface area contributed by atoms with E-state index in [0.717, 1.165) is 0 Å². The molecule has 178 valence electrons. The summed E-state index contributed by atoms with van der Waals surface area (Å²) in [6.07, 6.45) is 0.732. The van der Waals surface area contributed by atoms with E-state index >= 15 is 0 Å². The maximum Gasteiger partial charge on any atom is 0.233 e. The van der Waals surface area contributed by atoms with Crippen LogP contribution in [-0.2, 0) is 25.6 Å². The quantitative estimate of drug-likeness (QED) is 0.201. The van der Waals surface area contributed by atoms with E-state index in [1.54, 1.807) is 12.1 Å². The van der Waals surface area contributed by atoms with Gasteiger partial charge in [-0.15, -0.1) is 0 Å². The van der Waals surface area contributed by atoms with E-state index in [1.165, 1.54) is 46.4 Å². The number of carbonyl (C=O) groups is 4. The van der Waals surface area contributed by atoms with Crippen LogP contribution in [0.25, 0.3) is 11.1 Å². The van der Waals surface area contributed by atoms with Gasteiger partial charge in [-0.3, -0.25) is 24.0 Å². The second-order valence-electron chi connectivity index (χ2n) is 8.38. The molecule has 2 amide bonds. The molecule has 0 radical (unpaired) electrons. The van der Waals surface area contributed by atoms with Gasteiger partial charge < -0.3 is 5.32 Å². The first-order chi connectivity index (χ1) is 17.0. The topological polar surface area (TPSA) is 92.8 Å². The Balaban J connectivity index is 1.26. The van der Waals surface area contributed by atoms with Gasteiger partial charge in [-0.1, -0.05) is 72.8 Å². The first kappa shape index (κ1) is 24.0. The summed E-state index contributed by atoms with van der Waals surface area (Å²) in [5.74, 6) is -1.28. The van der Waals surface area contributed by atoms with Gasteiger partial charge in [0.25, 0.3) is 0 Å². The zero-order valence-electron chi connectivity index (χ0n) is 19.4. The standard InChI is InChI=1S/C28H26N2O5/c1-19(32)28(34)21-12-10-20(11-13-21)16-27(33)29-14-15-30(18-31)35-17-26-24-8-4-2-6-22(24)23-7-3-5-9-25(23)26/h2-13,18,26H,14-17H2,1H3,(H,29,33). The van der Waals surface area contributed by atoms with E-state index < -0.39 is 11.6 Å². The van der Waals surface area contributed by atoms with Crippen LogP contribution in [0.4, 0.5) is 0 Å². The molecule has 0 saturated carbocycles. The van der Waals surface area contributed by atoms with E-state index in [1.807, 2.05) is 24.3 Å². The number of rotatable bonds is 11. The number of hydrogen-bond donors (Lipinski definition) is 1. The fraction of sp³-hybridized carbons (Fsp3) is 0.214. The Morgan fingerprint density at radius 1 is 0.914 bits per heavy atom. The van der Waals surface area contributed by atoms with Gasteiger partial charge in [0.1, 0.15) is 0 Å². The highest BCUT2D eigenvalue weighted by Gasteiger charge is 2.28. The molecule has 0 heterocycles. The van der Waals surface area contributed by atoms with E-state index in [2.05, 4.69) is 29.6 Å². The van der Waals surface area contributed by atoms with E-state index in [4.69, 9.17) is 4.84 Å². The van der Waals surface area contributed by atoms with Gasteiger partial charge >= 0.3 is 0 Å². The maximum absolute atomic E-state index is 12.3. The van der Waals surface area contributed by atoms with Crippen molar-refractivity contribution in [2.75, 3.05) is 19.7 Å². The van der Waals surface area contributed by atoms with Crippen LogP contribution < -0.4 is 5.32 Å². The third-order valence-corrected chi connectivity index (χ3v) is 6.04. The molecule has 1 aliphatic rings. The van der Waals surface area contributed by atoms with E-state index in [0.29, 0.717) is 24.1 Å². The minimum Gasteiger partial charge on any atom is -0.354 e. The van der Waals surface area contributed by atoms with Crippen molar-refractivity contribution in [2.45, 2.75) is 19.3 Å². The molecule has 0 fully saturated rings. The summed E-state index contributed by atoms with van der Waals surface area (Å²) >= 11 is 0. The number of Topliss-reactive ketones (excluding diaryl/α,β-unsaturated/α-hetero) is 2. The van der Waals surface area contributed by atoms with E-state index in [9.17, 15) is 19.2 Å². The highest BCUT2D eigenvalue weighted by Crippen LogP contribution is 2.44. The van der Waals surface area contributed by atoms with Crippen LogP contribution >= 0.6 is 0 Å². The molecule has 1 aliphatic carbocycles. The summed E-state index contributed by atoms with van der Waals surface area (Å²) in [7, 11) is 0. The highest BCUT2D eigenvalue weighted by molar-refractivity contribution is 6.42. The van der Waals surface area contributed by atoms with Crippen LogP contribution in [0.15, 0.2) is 72.8 Å². The predicted octanol–water partition coefficient (Wildman–Crippen LogP) is 3.32. The highest BCUT2D eigenvalue weighted by atomic mass is 16.7. The lowest BCUT2D eigenvalue weighted by Crippen LogP contribution is -2.35. The molecule has 0 spiro atoms. The molecule has 0 aliphatic heterocycles. The van der Waals surface area contributed by atoms with Crippen LogP contribution in [0.3, 0.4) is 0 Å². The molecule has 7 heteroatoms. The molecule has 4 rings (SSSR count). The number of nitrogens with one attached hydrogen (secondary N) is 1. The van der Waals surface area contributed by atoms with Crippen molar-refractivity contribution < 1.29 is 24.0 Å². The lowest BCUT2D eigenvalue weighted by atomic mass is 9.98. The monoisotopic (exact) mass is 470 g/mol. The first-order valence-electron chi connectivity index (χ1n) is 11.4. The van der Waals surface area contributed by atoms with Gasteiger partial charge in [0.2, 0.25) is 18.1 Å². The average molecular weight is 471 g/mol. The Morgan fingerprint density at radius 2 is 1.51 bits per heavy atom. The summed E-state index contributed by atoms with van der Waals surface area (Å²) in [4.78, 5) is 52.5. The van der Waals surface area contributed by atoms with Crippen LogP contribution in [0.1, 0.15) is 39.9 Å². The van der Waals surface area contributed by atoms with Gasteiger partial charge in [0, 0.05) is 24.9 Å². The van der Waals surface area contributed by atoms with E-state index in [-0.39, 0.29) is 31.3 Å². The summed E-state index contributed by atoms with van der Waals surface area (Å²) in [6, 6.07) is 22.7. The molecule has 35 heavy (non-hydrogen) atoms. The lowest BCUT2D eigenvalue weighted by Gasteiger charge is -2.21. The van der Waals surface area contributed by atoms with Crippen LogP contribution in [0, 0.1) is 0 Å². The summed E-state index contributed by atoms with van der Waals surface area (Å²) in [6.45, 7) is 1.97. The predicted molar refractivity (Wildman–Crippen MR) is 131 cm³/mol. The van der Waals surface area contributed by atoms with Crippen molar-refractivity contribution in [1.29, 1.82) is 0 Å². The maximum atomic E-state index is 12.3. The number of fused-ring (bicyclic) bond motifs is 3. The number of ketones is 2. The summed E-state index contributed by atoms with van der Waals surface area (Å²) < 4.78 is 0. The Kier molecular flexibility index (Phi) is 7.48. The van der Waals surface area contributed by atoms with Crippen molar-refractivity contribution in [2.24, 2.45) is 0 Å². The second kappa shape index (κ2) is 10.9. The lowest BCUT2D eigenvalue weighted by molar-refractivity contribution is -0.172. The minimum atomic E-state index is -0.556. The van der Waals surface area contributed by atoms with Crippen molar-refractivity contribution >= 4 is 23.9 Å². The van der Waals surface area contributed by atoms with Crippen LogP contribution in [0.5, 0.6) is 0 Å². The van der Waals surface area contributed by atoms with Crippen molar-refractivity contribution in [3.63, 3.8) is 0 Å². The molecule has 0 atom stereocenters. The fourth-order valence-electron chi connectivity index (χ4n) is 4.29. The third kappa shape index (κ3) is 5.53. The second-order valence-corrected chi connectivity index (χ2v) is 8.38. The number of hydrogen-bond acceptors (Lipinski definition) is 5. The Morgan fingerprint density at radius 3 is 2.09 bits per heavy atom. The van der Waals surface area contributed by atoms with Gasteiger partial charge in [-0.2, -0.15) is 0 Å². The number of amides is 2. The molecule has 7 nitrogen and oxygen atoms in total. The van der Waals surface area contributed by atoms with Crippen LogP contribution in [0.2, 0.25) is 0 Å². The SMILES string of the molecule is CC(=O)C(=O)c1ccc(CC(=O)NCCN(C=O)OCC2c3ccccc3-c3ccccc32)cc1. The molecular weight excluding hydrogens is 444 g/mol. The molecule has 0 unspecified atom stereocenters. The minimum absolute atomic E-state index is 0.0253. The smallest absolute Gasteiger partial charge is 0.233 e. The van der Waals surface area contributed by atoms with Crippen LogP contribution in [-0.4, -0.2) is 48.6 Å². The summed E-state index contributed by atoms with van der Waals surface area (Å²) in [5.41, 5.74) is 5.71. The molecule has 1 N–H and O–H groups in total. The molecular formula is C28H26N2O5. The number of benzene rings is 3. The molecule has 0 bridgehead atoms. The number of nitrogens with zero attached hydrogens (tertiary/aromatic N) is 1. The molecule has 0 saturated heterocycles. The van der Waals surface area contributed by atoms with Gasteiger partial charge in [-0.25, -0.2) is 5.06 Å². The molecule has 3 aromatic rings. The van der Waals surface area contributed by atoms with Crippen molar-refractivity contribution in [3.05, 3.63) is 95.1 Å². The molecule has 3 aromatic carbocycles. The van der Waals surface area contributed by atoms with Crippen molar-refractivity contribution in [1.82, 2.24) is 10.4 Å². The largest absolute Gasteiger partial charge is 0.354 e. The zero-order valence-corrected chi connectivity index (χ0v) is 19.4. The van der Waals surface area contributed by atoms with Gasteiger partial charge in [0.05, 0.1) is 19.6 Å². The third-order valence-electron chi connectivity index (χ3n) is 6.04. The first-order valence-corrected chi connectivity index (χ1v) is 11.4. The average Bonchev–Trinajstić information content (AvgIpc) is 3.20. The fourth-order valence-corrected chi connectivity index (χ4v) is 4.29.